The SMILES string of the molecule is COc1ccc(-c2nnc3n2[C@@H]2CCCC[C@@H]2N(C(=O)c2ccncc2)C3)cc1OC. The maximum absolute atomic E-state index is 13.3. The molecule has 0 spiro atoms. The maximum Gasteiger partial charge on any atom is 0.254 e. The summed E-state index contributed by atoms with van der Waals surface area (Å²) in [6.07, 6.45) is 7.53. The summed E-state index contributed by atoms with van der Waals surface area (Å²) in [5.74, 6) is 2.98. The first-order valence-electron chi connectivity index (χ1n) is 10.6. The van der Waals surface area contributed by atoms with E-state index in [0.717, 1.165) is 42.9 Å². The fourth-order valence-corrected chi connectivity index (χ4v) is 4.86. The largest absolute Gasteiger partial charge is 0.493 e. The van der Waals surface area contributed by atoms with Crippen molar-refractivity contribution in [2.75, 3.05) is 14.2 Å². The zero-order valence-electron chi connectivity index (χ0n) is 17.7. The summed E-state index contributed by atoms with van der Waals surface area (Å²) >= 11 is 0. The number of pyridine rings is 1. The number of hydrogen-bond acceptors (Lipinski definition) is 6. The molecule has 3 aromatic rings. The van der Waals surface area contributed by atoms with Crippen molar-refractivity contribution in [3.63, 3.8) is 0 Å². The van der Waals surface area contributed by atoms with Crippen LogP contribution < -0.4 is 9.47 Å². The summed E-state index contributed by atoms with van der Waals surface area (Å²) in [4.78, 5) is 19.3. The van der Waals surface area contributed by atoms with Crippen molar-refractivity contribution in [1.82, 2.24) is 24.6 Å². The van der Waals surface area contributed by atoms with E-state index in [1.807, 2.05) is 23.1 Å². The zero-order chi connectivity index (χ0) is 21.4. The molecule has 160 valence electrons. The van der Waals surface area contributed by atoms with Crippen molar-refractivity contribution in [3.05, 3.63) is 54.1 Å². The Labute approximate surface area is 180 Å². The van der Waals surface area contributed by atoms with Gasteiger partial charge in [-0.05, 0) is 43.2 Å². The third-order valence-electron chi connectivity index (χ3n) is 6.33. The minimum absolute atomic E-state index is 0.0289. The van der Waals surface area contributed by atoms with E-state index in [-0.39, 0.29) is 18.0 Å². The predicted octanol–water partition coefficient (Wildman–Crippen LogP) is 3.50. The van der Waals surface area contributed by atoms with E-state index in [2.05, 4.69) is 19.7 Å². The van der Waals surface area contributed by atoms with Gasteiger partial charge in [0.05, 0.1) is 32.8 Å². The Balaban J connectivity index is 1.55. The lowest BCUT2D eigenvalue weighted by Crippen LogP contribution is -2.50. The first-order chi connectivity index (χ1) is 15.2. The lowest BCUT2D eigenvalue weighted by molar-refractivity contribution is 0.0420. The smallest absolute Gasteiger partial charge is 0.254 e. The molecule has 1 aliphatic carbocycles. The lowest BCUT2D eigenvalue weighted by atomic mass is 9.86. The topological polar surface area (TPSA) is 82.4 Å². The van der Waals surface area contributed by atoms with Gasteiger partial charge in [-0.15, -0.1) is 10.2 Å². The quantitative estimate of drug-likeness (QED) is 0.644. The molecule has 2 atom stereocenters. The van der Waals surface area contributed by atoms with Crippen molar-refractivity contribution >= 4 is 5.91 Å². The fraction of sp³-hybridized carbons (Fsp3) is 0.391. The van der Waals surface area contributed by atoms with Crippen molar-refractivity contribution < 1.29 is 14.3 Å². The van der Waals surface area contributed by atoms with Gasteiger partial charge in [0.15, 0.2) is 23.1 Å². The van der Waals surface area contributed by atoms with E-state index < -0.39 is 0 Å². The summed E-state index contributed by atoms with van der Waals surface area (Å²) in [6.45, 7) is 0.447. The number of rotatable bonds is 4. The number of hydrogen-bond donors (Lipinski definition) is 0. The van der Waals surface area contributed by atoms with Gasteiger partial charge in [0, 0.05) is 23.5 Å². The van der Waals surface area contributed by atoms with Crippen LogP contribution in [0.15, 0.2) is 42.7 Å². The predicted molar refractivity (Wildman–Crippen MR) is 114 cm³/mol. The van der Waals surface area contributed by atoms with Gasteiger partial charge in [0.25, 0.3) is 5.91 Å². The standard InChI is InChI=1S/C23H25N5O3/c1-30-19-8-7-16(13-20(19)31-2)22-26-25-21-14-27(23(29)15-9-11-24-12-10-15)17-5-3-4-6-18(17)28(21)22/h7-13,17-18H,3-6,14H2,1-2H3/t17-,18+/m0/s1. The summed E-state index contributed by atoms with van der Waals surface area (Å²) in [5, 5.41) is 9.01. The first-order valence-corrected chi connectivity index (χ1v) is 10.6. The lowest BCUT2D eigenvalue weighted by Gasteiger charge is -2.44. The molecule has 8 nitrogen and oxygen atoms in total. The number of nitrogens with zero attached hydrogens (tertiary/aromatic N) is 5. The van der Waals surface area contributed by atoms with Crippen LogP contribution >= 0.6 is 0 Å². The van der Waals surface area contributed by atoms with E-state index in [4.69, 9.17) is 9.47 Å². The third-order valence-corrected chi connectivity index (χ3v) is 6.33. The Morgan fingerprint density at radius 3 is 2.45 bits per heavy atom. The van der Waals surface area contributed by atoms with Crippen molar-refractivity contribution in [2.45, 2.75) is 44.3 Å². The molecular formula is C23H25N5O3. The molecule has 0 radical (unpaired) electrons. The highest BCUT2D eigenvalue weighted by atomic mass is 16.5. The molecule has 0 bridgehead atoms. The van der Waals surface area contributed by atoms with Gasteiger partial charge < -0.3 is 18.9 Å². The number of carbonyl (C=O) groups is 1. The molecule has 1 saturated carbocycles. The number of aromatic nitrogens is 4. The van der Waals surface area contributed by atoms with Crippen LogP contribution in [0, 0.1) is 0 Å². The highest BCUT2D eigenvalue weighted by Gasteiger charge is 2.41. The van der Waals surface area contributed by atoms with E-state index in [0.29, 0.717) is 23.6 Å². The minimum atomic E-state index is 0.0289. The average Bonchev–Trinajstić information content (AvgIpc) is 3.27. The second kappa shape index (κ2) is 8.02. The fourth-order valence-electron chi connectivity index (χ4n) is 4.86. The van der Waals surface area contributed by atoms with Crippen LogP contribution in [0.2, 0.25) is 0 Å². The Hall–Kier alpha value is -3.42. The number of amides is 1. The molecule has 1 amide bonds. The molecule has 3 heterocycles. The molecule has 1 aliphatic heterocycles. The summed E-state index contributed by atoms with van der Waals surface area (Å²) < 4.78 is 13.1. The van der Waals surface area contributed by atoms with Crippen LogP contribution in [0.25, 0.3) is 11.4 Å². The van der Waals surface area contributed by atoms with Gasteiger partial charge in [0.2, 0.25) is 0 Å². The number of ether oxygens (including phenoxy) is 2. The molecule has 1 aromatic carbocycles. The van der Waals surface area contributed by atoms with Crippen LogP contribution in [-0.2, 0) is 6.54 Å². The highest BCUT2D eigenvalue weighted by Crippen LogP contribution is 2.41. The van der Waals surface area contributed by atoms with Gasteiger partial charge in [-0.1, -0.05) is 12.8 Å². The zero-order valence-corrected chi connectivity index (χ0v) is 17.7. The molecular weight excluding hydrogens is 394 g/mol. The second-order valence-electron chi connectivity index (χ2n) is 7.97. The van der Waals surface area contributed by atoms with E-state index in [9.17, 15) is 4.79 Å². The number of methoxy groups -OCH3 is 2. The summed E-state index contributed by atoms with van der Waals surface area (Å²) in [5.41, 5.74) is 1.59. The molecule has 5 rings (SSSR count). The molecule has 31 heavy (non-hydrogen) atoms. The Morgan fingerprint density at radius 1 is 0.968 bits per heavy atom. The molecule has 0 N–H and O–H groups in total. The second-order valence-corrected chi connectivity index (χ2v) is 7.97. The molecule has 2 aromatic heterocycles. The van der Waals surface area contributed by atoms with Gasteiger partial charge >= 0.3 is 0 Å². The Bertz CT molecular complexity index is 1100. The maximum atomic E-state index is 13.3. The molecule has 2 aliphatic rings. The van der Waals surface area contributed by atoms with Crippen LogP contribution in [0.5, 0.6) is 11.5 Å². The monoisotopic (exact) mass is 419 g/mol. The number of carbonyl (C=O) groups excluding carboxylic acids is 1. The van der Waals surface area contributed by atoms with Crippen molar-refractivity contribution in [2.24, 2.45) is 0 Å². The van der Waals surface area contributed by atoms with Gasteiger partial charge in [0.1, 0.15) is 0 Å². The van der Waals surface area contributed by atoms with Crippen LogP contribution in [0.1, 0.15) is 47.9 Å². The minimum Gasteiger partial charge on any atom is -0.493 e. The van der Waals surface area contributed by atoms with Gasteiger partial charge in [-0.2, -0.15) is 0 Å². The average molecular weight is 419 g/mol. The van der Waals surface area contributed by atoms with Crippen molar-refractivity contribution in [1.29, 1.82) is 0 Å². The van der Waals surface area contributed by atoms with Crippen LogP contribution in [0.3, 0.4) is 0 Å². The number of benzene rings is 1. The Kier molecular flexibility index (Phi) is 5.05. The van der Waals surface area contributed by atoms with E-state index >= 15 is 0 Å². The van der Waals surface area contributed by atoms with Gasteiger partial charge in [-0.3, -0.25) is 9.78 Å². The van der Waals surface area contributed by atoms with Crippen molar-refractivity contribution in [3.8, 4) is 22.9 Å². The van der Waals surface area contributed by atoms with Crippen LogP contribution in [0.4, 0.5) is 0 Å². The summed E-state index contributed by atoms with van der Waals surface area (Å²) in [6, 6.07) is 9.62. The Morgan fingerprint density at radius 2 is 1.71 bits per heavy atom. The van der Waals surface area contributed by atoms with E-state index in [1.165, 1.54) is 0 Å². The molecule has 0 saturated heterocycles. The van der Waals surface area contributed by atoms with Gasteiger partial charge in [-0.25, -0.2) is 0 Å². The number of fused-ring (bicyclic) bond motifs is 3. The normalized spacial score (nSPS) is 20.0. The summed E-state index contributed by atoms with van der Waals surface area (Å²) in [7, 11) is 3.25. The highest BCUT2D eigenvalue weighted by molar-refractivity contribution is 5.94. The third kappa shape index (κ3) is 3.32. The molecule has 1 fully saturated rings. The molecule has 8 heteroatoms. The molecule has 0 unspecified atom stereocenters. The van der Waals surface area contributed by atoms with Crippen LogP contribution in [-0.4, -0.2) is 50.8 Å². The van der Waals surface area contributed by atoms with E-state index in [1.54, 1.807) is 38.7 Å². The first kappa shape index (κ1) is 19.5.